The van der Waals surface area contributed by atoms with Crippen LogP contribution in [-0.2, 0) is 12.6 Å². The van der Waals surface area contributed by atoms with E-state index in [1.165, 1.54) is 10.5 Å². The van der Waals surface area contributed by atoms with E-state index in [2.05, 4.69) is 20.1 Å². The minimum absolute atomic E-state index is 0.0610. The van der Waals surface area contributed by atoms with Gasteiger partial charge in [-0.2, -0.15) is 13.2 Å². The summed E-state index contributed by atoms with van der Waals surface area (Å²) < 4.78 is 50.2. The van der Waals surface area contributed by atoms with E-state index in [1.54, 1.807) is 30.6 Å². The minimum atomic E-state index is -4.59. The number of aryl methyl sites for hydroxylation is 1. The number of anilines is 2. The first kappa shape index (κ1) is 20.9. The van der Waals surface area contributed by atoms with Crippen molar-refractivity contribution in [1.29, 1.82) is 0 Å². The molecule has 1 saturated carbocycles. The van der Waals surface area contributed by atoms with Gasteiger partial charge in [-0.3, -0.25) is 9.38 Å². The van der Waals surface area contributed by atoms with E-state index in [0.717, 1.165) is 29.9 Å². The van der Waals surface area contributed by atoms with Gasteiger partial charge < -0.3 is 9.64 Å². The number of aromatic nitrogens is 4. The van der Waals surface area contributed by atoms with Gasteiger partial charge >= 0.3 is 6.18 Å². The maximum atomic E-state index is 14.3. The molecule has 174 valence electrons. The molecular weight excluding hydrogens is 443 g/mol. The van der Waals surface area contributed by atoms with Crippen molar-refractivity contribution in [2.45, 2.75) is 32.4 Å². The second-order valence-corrected chi connectivity index (χ2v) is 8.90. The summed E-state index contributed by atoms with van der Waals surface area (Å²) in [7, 11) is 0. The zero-order valence-electron chi connectivity index (χ0n) is 18.5. The first-order valence-corrected chi connectivity index (χ1v) is 11.3. The van der Waals surface area contributed by atoms with Gasteiger partial charge in [-0.05, 0) is 67.1 Å². The van der Waals surface area contributed by atoms with Crippen molar-refractivity contribution in [3.05, 3.63) is 65.9 Å². The van der Waals surface area contributed by atoms with E-state index in [9.17, 15) is 13.2 Å². The van der Waals surface area contributed by atoms with E-state index < -0.39 is 11.7 Å². The van der Waals surface area contributed by atoms with Gasteiger partial charge in [-0.15, -0.1) is 10.2 Å². The molecule has 2 aliphatic rings. The van der Waals surface area contributed by atoms with Crippen LogP contribution in [0.2, 0.25) is 0 Å². The Morgan fingerprint density at radius 2 is 1.94 bits per heavy atom. The normalized spacial score (nSPS) is 15.9. The standard InChI is InChI=1S/C25H22F3N5O/c1-15-2-6-18(14-29-15)32-10-11-34-21-13-17(5-7-20(21)32)19-8-9-33-22(12-16-3-4-16)30-31-24(33)23(19)25(26,27)28/h2,5-9,13-14,16H,3-4,10-12H2,1H3. The summed E-state index contributed by atoms with van der Waals surface area (Å²) in [5.41, 5.74) is 2.16. The third-order valence-electron chi connectivity index (χ3n) is 6.44. The maximum Gasteiger partial charge on any atom is 0.420 e. The van der Waals surface area contributed by atoms with Crippen molar-refractivity contribution in [3.63, 3.8) is 0 Å². The predicted octanol–water partition coefficient (Wildman–Crippen LogP) is 5.60. The SMILES string of the molecule is Cc1ccc(N2CCOc3cc(-c4ccn5c(CC6CC6)nnc5c4C(F)(F)F)ccc32)cn1. The Morgan fingerprint density at radius 3 is 2.68 bits per heavy atom. The fraction of sp³-hybridized carbons (Fsp3) is 0.320. The van der Waals surface area contributed by atoms with Crippen LogP contribution < -0.4 is 9.64 Å². The molecule has 3 aromatic heterocycles. The van der Waals surface area contributed by atoms with E-state index in [1.807, 2.05) is 19.1 Å². The second kappa shape index (κ2) is 7.72. The Hall–Kier alpha value is -3.62. The first-order valence-electron chi connectivity index (χ1n) is 11.3. The predicted molar refractivity (Wildman–Crippen MR) is 121 cm³/mol. The molecule has 0 radical (unpaired) electrons. The summed E-state index contributed by atoms with van der Waals surface area (Å²) in [6.07, 6.45) is 1.67. The van der Waals surface area contributed by atoms with Crippen LogP contribution in [0.5, 0.6) is 5.75 Å². The van der Waals surface area contributed by atoms with E-state index >= 15 is 0 Å². The molecule has 0 amide bonds. The molecule has 4 aromatic rings. The summed E-state index contributed by atoms with van der Waals surface area (Å²) >= 11 is 0. The molecule has 0 bridgehead atoms. The van der Waals surface area contributed by atoms with Crippen LogP contribution in [0.15, 0.2) is 48.8 Å². The lowest BCUT2D eigenvalue weighted by Gasteiger charge is -2.31. The van der Waals surface area contributed by atoms with E-state index in [-0.39, 0.29) is 11.2 Å². The average molecular weight is 465 g/mol. The zero-order valence-corrected chi connectivity index (χ0v) is 18.5. The van der Waals surface area contributed by atoms with E-state index in [4.69, 9.17) is 4.74 Å². The van der Waals surface area contributed by atoms with Crippen LogP contribution in [0, 0.1) is 12.8 Å². The van der Waals surface area contributed by atoms with Gasteiger partial charge in [-0.25, -0.2) is 0 Å². The van der Waals surface area contributed by atoms with Crippen molar-refractivity contribution >= 4 is 17.0 Å². The molecule has 6 nitrogen and oxygen atoms in total. The van der Waals surface area contributed by atoms with Crippen molar-refractivity contribution in [2.24, 2.45) is 5.92 Å². The van der Waals surface area contributed by atoms with Gasteiger partial charge in [0.05, 0.1) is 24.1 Å². The zero-order chi connectivity index (χ0) is 23.4. The quantitative estimate of drug-likeness (QED) is 0.393. The number of alkyl halides is 3. The smallest absolute Gasteiger partial charge is 0.420 e. The minimum Gasteiger partial charge on any atom is -0.490 e. The molecular formula is C25H22F3N5O. The summed E-state index contributed by atoms with van der Waals surface area (Å²) in [5.74, 6) is 1.60. The first-order chi connectivity index (χ1) is 16.4. The van der Waals surface area contributed by atoms with Crippen LogP contribution in [0.1, 0.15) is 29.9 Å². The molecule has 1 aliphatic carbocycles. The highest BCUT2D eigenvalue weighted by Crippen LogP contribution is 2.44. The van der Waals surface area contributed by atoms with Crippen LogP contribution in [0.3, 0.4) is 0 Å². The van der Waals surface area contributed by atoms with Gasteiger partial charge in [0.15, 0.2) is 5.65 Å². The molecule has 0 spiro atoms. The monoisotopic (exact) mass is 465 g/mol. The molecule has 34 heavy (non-hydrogen) atoms. The van der Waals surface area contributed by atoms with Crippen LogP contribution >= 0.6 is 0 Å². The summed E-state index contributed by atoms with van der Waals surface area (Å²) in [6, 6.07) is 10.6. The molecule has 1 fully saturated rings. The van der Waals surface area contributed by atoms with Crippen molar-refractivity contribution in [3.8, 4) is 16.9 Å². The highest BCUT2D eigenvalue weighted by atomic mass is 19.4. The highest BCUT2D eigenvalue weighted by molar-refractivity contribution is 5.80. The molecule has 1 aromatic carbocycles. The fourth-order valence-electron chi connectivity index (χ4n) is 4.52. The summed E-state index contributed by atoms with van der Waals surface area (Å²) in [5, 5.41) is 8.02. The van der Waals surface area contributed by atoms with Crippen molar-refractivity contribution < 1.29 is 17.9 Å². The maximum absolute atomic E-state index is 14.3. The van der Waals surface area contributed by atoms with Crippen LogP contribution in [0.4, 0.5) is 24.5 Å². The van der Waals surface area contributed by atoms with Crippen LogP contribution in [0.25, 0.3) is 16.8 Å². The Kier molecular flexibility index (Phi) is 4.75. The van der Waals surface area contributed by atoms with Crippen molar-refractivity contribution in [2.75, 3.05) is 18.1 Å². The Labute approximate surface area is 194 Å². The Morgan fingerprint density at radius 1 is 1.09 bits per heavy atom. The Bertz CT molecular complexity index is 1380. The molecule has 0 unspecified atom stereocenters. The number of hydrogen-bond acceptors (Lipinski definition) is 5. The lowest BCUT2D eigenvalue weighted by atomic mass is 9.99. The molecule has 0 saturated heterocycles. The largest absolute Gasteiger partial charge is 0.490 e. The van der Waals surface area contributed by atoms with Gasteiger partial charge in [0, 0.05) is 18.3 Å². The van der Waals surface area contributed by atoms with E-state index in [0.29, 0.717) is 42.6 Å². The number of nitrogens with zero attached hydrogens (tertiary/aromatic N) is 5. The number of hydrogen-bond donors (Lipinski definition) is 0. The average Bonchev–Trinajstić information content (AvgIpc) is 3.55. The number of ether oxygens (including phenoxy) is 1. The lowest BCUT2D eigenvalue weighted by Crippen LogP contribution is -2.28. The number of rotatable bonds is 4. The summed E-state index contributed by atoms with van der Waals surface area (Å²) in [6.45, 7) is 2.97. The highest BCUT2D eigenvalue weighted by Gasteiger charge is 2.38. The number of fused-ring (bicyclic) bond motifs is 2. The molecule has 1 aliphatic heterocycles. The topological polar surface area (TPSA) is 55.6 Å². The molecule has 6 rings (SSSR count). The fourth-order valence-corrected chi connectivity index (χ4v) is 4.52. The third-order valence-corrected chi connectivity index (χ3v) is 6.44. The Balaban J connectivity index is 1.44. The van der Waals surface area contributed by atoms with Gasteiger partial charge in [-0.1, -0.05) is 6.07 Å². The van der Waals surface area contributed by atoms with Crippen LogP contribution in [-0.4, -0.2) is 32.7 Å². The number of halogens is 3. The molecule has 0 N–H and O–H groups in total. The summed E-state index contributed by atoms with van der Waals surface area (Å²) in [4.78, 5) is 6.42. The van der Waals surface area contributed by atoms with Gasteiger partial charge in [0.1, 0.15) is 23.7 Å². The second-order valence-electron chi connectivity index (χ2n) is 8.90. The van der Waals surface area contributed by atoms with Crippen molar-refractivity contribution in [1.82, 2.24) is 19.6 Å². The number of pyridine rings is 2. The lowest BCUT2D eigenvalue weighted by molar-refractivity contribution is -0.136. The number of benzene rings is 1. The third kappa shape index (κ3) is 3.65. The van der Waals surface area contributed by atoms with Gasteiger partial charge in [0.25, 0.3) is 0 Å². The van der Waals surface area contributed by atoms with Gasteiger partial charge in [0.2, 0.25) is 0 Å². The molecule has 9 heteroatoms. The molecule has 0 atom stereocenters. The molecule has 4 heterocycles.